The van der Waals surface area contributed by atoms with Crippen molar-refractivity contribution < 1.29 is 13.2 Å². The normalized spacial score (nSPS) is 37.0. The second-order valence-electron chi connectivity index (χ2n) is 5.06. The highest BCUT2D eigenvalue weighted by Gasteiger charge is 2.52. The molecule has 3 aliphatic rings. The molecule has 0 aromatic rings. The predicted molar refractivity (Wildman–Crippen MR) is 57.8 cm³/mol. The van der Waals surface area contributed by atoms with Crippen molar-refractivity contribution in [2.75, 3.05) is 6.54 Å². The van der Waals surface area contributed by atoms with Crippen LogP contribution in [0.2, 0.25) is 0 Å². The standard InChI is InChI=1S/C11H16F3N3/c12-11(13,14)9-5-6-15-10-16-7-3-1-2-4-8(7)17(9)10/h7-9H,1-6H2,(H,15,16). The van der Waals surface area contributed by atoms with E-state index in [1.54, 1.807) is 0 Å². The minimum Gasteiger partial charge on any atom is -0.351 e. The molecule has 2 aliphatic heterocycles. The Balaban J connectivity index is 1.89. The van der Waals surface area contributed by atoms with Gasteiger partial charge in [0.1, 0.15) is 6.04 Å². The number of nitrogens with zero attached hydrogens (tertiary/aromatic N) is 2. The van der Waals surface area contributed by atoms with Crippen LogP contribution >= 0.6 is 0 Å². The summed E-state index contributed by atoms with van der Waals surface area (Å²) in [6.07, 6.45) is -0.107. The van der Waals surface area contributed by atoms with Crippen LogP contribution < -0.4 is 5.32 Å². The van der Waals surface area contributed by atoms with Gasteiger partial charge in [0.15, 0.2) is 5.96 Å². The molecule has 0 spiro atoms. The van der Waals surface area contributed by atoms with Crippen molar-refractivity contribution in [3.05, 3.63) is 0 Å². The van der Waals surface area contributed by atoms with E-state index >= 15 is 0 Å². The van der Waals surface area contributed by atoms with Crippen molar-refractivity contribution in [3.8, 4) is 0 Å². The SMILES string of the molecule is FC(F)(F)C1CCN=C2NC3CCCCC3N21. The minimum absolute atomic E-state index is 0.00516. The number of hydrogen-bond acceptors (Lipinski definition) is 3. The van der Waals surface area contributed by atoms with Gasteiger partial charge in [0, 0.05) is 12.6 Å². The maximum atomic E-state index is 13.0. The zero-order valence-electron chi connectivity index (χ0n) is 9.50. The number of nitrogens with one attached hydrogen (secondary N) is 1. The van der Waals surface area contributed by atoms with E-state index in [0.717, 1.165) is 25.7 Å². The van der Waals surface area contributed by atoms with Crippen LogP contribution in [-0.4, -0.2) is 41.7 Å². The van der Waals surface area contributed by atoms with Crippen LogP contribution in [0.25, 0.3) is 0 Å². The van der Waals surface area contributed by atoms with Gasteiger partial charge in [0.25, 0.3) is 0 Å². The molecule has 96 valence electrons. The van der Waals surface area contributed by atoms with Gasteiger partial charge in [-0.05, 0) is 19.3 Å². The summed E-state index contributed by atoms with van der Waals surface area (Å²) >= 11 is 0. The van der Waals surface area contributed by atoms with E-state index in [9.17, 15) is 13.2 Å². The molecule has 1 saturated carbocycles. The zero-order valence-corrected chi connectivity index (χ0v) is 9.50. The Labute approximate surface area is 98.1 Å². The molecule has 2 fully saturated rings. The van der Waals surface area contributed by atoms with Crippen LogP contribution in [-0.2, 0) is 0 Å². The number of alkyl halides is 3. The first-order valence-corrected chi connectivity index (χ1v) is 6.23. The smallest absolute Gasteiger partial charge is 0.351 e. The van der Waals surface area contributed by atoms with Crippen LogP contribution in [0.15, 0.2) is 4.99 Å². The first-order chi connectivity index (χ1) is 8.07. The van der Waals surface area contributed by atoms with Crippen LogP contribution in [0.1, 0.15) is 32.1 Å². The summed E-state index contributed by atoms with van der Waals surface area (Å²) in [4.78, 5) is 5.72. The third kappa shape index (κ3) is 1.77. The first-order valence-electron chi connectivity index (χ1n) is 6.23. The lowest BCUT2D eigenvalue weighted by Gasteiger charge is -2.39. The van der Waals surface area contributed by atoms with E-state index in [1.807, 2.05) is 0 Å². The molecule has 3 atom stereocenters. The molecular formula is C11H16F3N3. The van der Waals surface area contributed by atoms with Gasteiger partial charge in [-0.2, -0.15) is 13.2 Å². The van der Waals surface area contributed by atoms with Crippen molar-refractivity contribution in [1.82, 2.24) is 10.2 Å². The summed E-state index contributed by atoms with van der Waals surface area (Å²) in [5.41, 5.74) is 0. The summed E-state index contributed by atoms with van der Waals surface area (Å²) in [5, 5.41) is 3.17. The van der Waals surface area contributed by atoms with Gasteiger partial charge in [-0.3, -0.25) is 4.99 Å². The quantitative estimate of drug-likeness (QED) is 0.708. The van der Waals surface area contributed by atoms with Crippen molar-refractivity contribution in [2.24, 2.45) is 4.99 Å². The molecule has 1 aliphatic carbocycles. The molecule has 1 N–H and O–H groups in total. The summed E-state index contributed by atoms with van der Waals surface area (Å²) < 4.78 is 39.0. The predicted octanol–water partition coefficient (Wildman–Crippen LogP) is 1.89. The molecule has 0 radical (unpaired) electrons. The fourth-order valence-electron chi connectivity index (χ4n) is 3.27. The Morgan fingerprint density at radius 2 is 1.94 bits per heavy atom. The molecule has 0 aromatic carbocycles. The van der Waals surface area contributed by atoms with E-state index in [2.05, 4.69) is 10.3 Å². The topological polar surface area (TPSA) is 27.6 Å². The number of fused-ring (bicyclic) bond motifs is 3. The maximum absolute atomic E-state index is 13.0. The highest BCUT2D eigenvalue weighted by atomic mass is 19.4. The van der Waals surface area contributed by atoms with E-state index in [-0.39, 0.29) is 25.0 Å². The number of aliphatic imine (C=N–C) groups is 1. The van der Waals surface area contributed by atoms with Crippen LogP contribution in [0.3, 0.4) is 0 Å². The van der Waals surface area contributed by atoms with E-state index in [0.29, 0.717) is 5.96 Å². The minimum atomic E-state index is -4.14. The molecule has 6 heteroatoms. The summed E-state index contributed by atoms with van der Waals surface area (Å²) in [7, 11) is 0. The number of guanidine groups is 1. The van der Waals surface area contributed by atoms with Gasteiger partial charge in [0.05, 0.1) is 6.04 Å². The molecule has 3 unspecified atom stereocenters. The van der Waals surface area contributed by atoms with Crippen LogP contribution in [0, 0.1) is 0 Å². The van der Waals surface area contributed by atoms with Crippen molar-refractivity contribution in [3.63, 3.8) is 0 Å². The molecule has 17 heavy (non-hydrogen) atoms. The average Bonchev–Trinajstić information content (AvgIpc) is 2.65. The van der Waals surface area contributed by atoms with Crippen molar-refractivity contribution in [2.45, 2.75) is 56.4 Å². The third-order valence-electron chi connectivity index (χ3n) is 4.02. The Kier molecular flexibility index (Phi) is 2.48. The summed E-state index contributed by atoms with van der Waals surface area (Å²) in [6, 6.07) is -1.17. The molecule has 0 aromatic heterocycles. The van der Waals surface area contributed by atoms with E-state index < -0.39 is 12.2 Å². The van der Waals surface area contributed by atoms with Gasteiger partial charge < -0.3 is 10.2 Å². The molecule has 0 amide bonds. The van der Waals surface area contributed by atoms with Crippen LogP contribution in [0.4, 0.5) is 13.2 Å². The van der Waals surface area contributed by atoms with Crippen molar-refractivity contribution in [1.29, 1.82) is 0 Å². The van der Waals surface area contributed by atoms with Gasteiger partial charge in [-0.15, -0.1) is 0 Å². The molecule has 2 heterocycles. The molecule has 3 rings (SSSR count). The molecule has 1 saturated heterocycles. The van der Waals surface area contributed by atoms with E-state index in [1.165, 1.54) is 4.90 Å². The maximum Gasteiger partial charge on any atom is 0.408 e. The summed E-state index contributed by atoms with van der Waals surface area (Å²) in [5.74, 6) is 0.482. The average molecular weight is 247 g/mol. The fourth-order valence-corrected chi connectivity index (χ4v) is 3.27. The van der Waals surface area contributed by atoms with Crippen molar-refractivity contribution >= 4 is 5.96 Å². The highest BCUT2D eigenvalue weighted by molar-refractivity contribution is 5.84. The zero-order chi connectivity index (χ0) is 12.0. The lowest BCUT2D eigenvalue weighted by atomic mass is 9.90. The van der Waals surface area contributed by atoms with Gasteiger partial charge in [-0.25, -0.2) is 0 Å². The molecule has 3 nitrogen and oxygen atoms in total. The van der Waals surface area contributed by atoms with Gasteiger partial charge >= 0.3 is 6.18 Å². The number of halogens is 3. The monoisotopic (exact) mass is 247 g/mol. The second-order valence-corrected chi connectivity index (χ2v) is 5.06. The number of hydrogen-bond donors (Lipinski definition) is 1. The Morgan fingerprint density at radius 3 is 2.71 bits per heavy atom. The third-order valence-corrected chi connectivity index (χ3v) is 4.02. The fraction of sp³-hybridized carbons (Fsp3) is 0.909. The second kappa shape index (κ2) is 3.78. The van der Waals surface area contributed by atoms with Gasteiger partial charge in [0.2, 0.25) is 0 Å². The Morgan fingerprint density at radius 1 is 1.18 bits per heavy atom. The van der Waals surface area contributed by atoms with E-state index in [4.69, 9.17) is 0 Å². The molecule has 0 bridgehead atoms. The Hall–Kier alpha value is -0.940. The molecular weight excluding hydrogens is 231 g/mol. The summed E-state index contributed by atoms with van der Waals surface area (Å²) in [6.45, 7) is 0.280. The Bertz CT molecular complexity index is 339. The highest BCUT2D eigenvalue weighted by Crippen LogP contribution is 2.37. The first kappa shape index (κ1) is 11.2. The number of rotatable bonds is 0. The largest absolute Gasteiger partial charge is 0.408 e. The van der Waals surface area contributed by atoms with Crippen LogP contribution in [0.5, 0.6) is 0 Å². The van der Waals surface area contributed by atoms with Gasteiger partial charge in [-0.1, -0.05) is 12.8 Å². The lowest BCUT2D eigenvalue weighted by Crippen LogP contribution is -2.54. The lowest BCUT2D eigenvalue weighted by molar-refractivity contribution is -0.180.